The maximum Gasteiger partial charge on any atom is 0.115 e. The van der Waals surface area contributed by atoms with Gasteiger partial charge in [-0.3, -0.25) is 4.68 Å². The zero-order valence-corrected chi connectivity index (χ0v) is 12.4. The minimum absolute atomic E-state index is 0.193. The molecular weight excluding hydrogens is 256 g/mol. The van der Waals surface area contributed by atoms with Gasteiger partial charge in [-0.2, -0.15) is 5.10 Å². The summed E-state index contributed by atoms with van der Waals surface area (Å²) >= 11 is 1.73. The van der Waals surface area contributed by atoms with Gasteiger partial charge < -0.3 is 5.32 Å². The molecule has 0 spiro atoms. The Kier molecular flexibility index (Phi) is 3.41. The van der Waals surface area contributed by atoms with Gasteiger partial charge >= 0.3 is 0 Å². The molecule has 102 valence electrons. The van der Waals surface area contributed by atoms with E-state index in [1.165, 1.54) is 18.4 Å². The van der Waals surface area contributed by atoms with E-state index in [-0.39, 0.29) is 6.04 Å². The Morgan fingerprint density at radius 1 is 1.42 bits per heavy atom. The molecule has 1 saturated carbocycles. The van der Waals surface area contributed by atoms with Gasteiger partial charge in [0.2, 0.25) is 0 Å². The zero-order chi connectivity index (χ0) is 13.4. The van der Waals surface area contributed by atoms with Gasteiger partial charge in [0.1, 0.15) is 5.01 Å². The maximum absolute atomic E-state index is 4.64. The van der Waals surface area contributed by atoms with Gasteiger partial charge in [0.15, 0.2) is 0 Å². The highest BCUT2D eigenvalue weighted by Crippen LogP contribution is 2.30. The van der Waals surface area contributed by atoms with Crippen LogP contribution in [0.2, 0.25) is 0 Å². The molecule has 0 aliphatic heterocycles. The van der Waals surface area contributed by atoms with Crippen LogP contribution in [0.3, 0.4) is 0 Å². The lowest BCUT2D eigenvalue weighted by Crippen LogP contribution is -2.24. The molecule has 2 aromatic rings. The Labute approximate surface area is 117 Å². The molecule has 1 N–H and O–H groups in total. The van der Waals surface area contributed by atoms with Crippen molar-refractivity contribution in [1.82, 2.24) is 20.1 Å². The van der Waals surface area contributed by atoms with Gasteiger partial charge in [-0.1, -0.05) is 0 Å². The summed E-state index contributed by atoms with van der Waals surface area (Å²) in [6.45, 7) is 6.34. The average molecular weight is 276 g/mol. The van der Waals surface area contributed by atoms with Crippen LogP contribution in [0.5, 0.6) is 0 Å². The second kappa shape index (κ2) is 5.06. The Morgan fingerprint density at radius 2 is 2.21 bits per heavy atom. The lowest BCUT2D eigenvalue weighted by atomic mass is 10.1. The minimum atomic E-state index is 0.193. The van der Waals surface area contributed by atoms with Crippen molar-refractivity contribution in [2.75, 3.05) is 0 Å². The summed E-state index contributed by atoms with van der Waals surface area (Å²) < 4.78 is 2.01. The Morgan fingerprint density at radius 3 is 2.74 bits per heavy atom. The summed E-state index contributed by atoms with van der Waals surface area (Å²) in [5.74, 6) is 0. The molecule has 0 saturated heterocycles. The van der Waals surface area contributed by atoms with Gasteiger partial charge in [-0.15, -0.1) is 11.3 Å². The van der Waals surface area contributed by atoms with Crippen molar-refractivity contribution >= 4 is 11.3 Å². The summed E-state index contributed by atoms with van der Waals surface area (Å²) in [6, 6.07) is 1.24. The molecule has 0 bridgehead atoms. The van der Waals surface area contributed by atoms with Crippen LogP contribution in [0.15, 0.2) is 17.8 Å². The number of nitrogens with zero attached hydrogens (tertiary/aromatic N) is 3. The number of aromatic nitrogens is 3. The van der Waals surface area contributed by atoms with E-state index < -0.39 is 0 Å². The number of hydrogen-bond donors (Lipinski definition) is 1. The first-order valence-electron chi connectivity index (χ1n) is 6.85. The topological polar surface area (TPSA) is 42.7 Å². The quantitative estimate of drug-likeness (QED) is 0.912. The summed E-state index contributed by atoms with van der Waals surface area (Å²) in [6.07, 6.45) is 6.66. The van der Waals surface area contributed by atoms with Crippen LogP contribution in [0.1, 0.15) is 55.0 Å². The van der Waals surface area contributed by atoms with E-state index in [0.717, 1.165) is 10.7 Å². The SMILES string of the molecule is Cc1csc(C(NC2CC2)c2cnn(C(C)C)c2)n1. The molecule has 1 aliphatic rings. The predicted molar refractivity (Wildman–Crippen MR) is 77.5 cm³/mol. The fourth-order valence-electron chi connectivity index (χ4n) is 2.08. The first-order chi connectivity index (χ1) is 9.13. The fraction of sp³-hybridized carbons (Fsp3) is 0.571. The molecule has 3 rings (SSSR count). The van der Waals surface area contributed by atoms with Crippen molar-refractivity contribution < 1.29 is 0 Å². The Balaban J connectivity index is 1.88. The van der Waals surface area contributed by atoms with E-state index >= 15 is 0 Å². The lowest BCUT2D eigenvalue weighted by Gasteiger charge is -2.14. The van der Waals surface area contributed by atoms with Gasteiger partial charge in [0, 0.05) is 34.9 Å². The van der Waals surface area contributed by atoms with E-state index in [2.05, 4.69) is 40.8 Å². The van der Waals surface area contributed by atoms with E-state index in [1.54, 1.807) is 11.3 Å². The Bertz CT molecular complexity index is 553. The van der Waals surface area contributed by atoms with E-state index in [0.29, 0.717) is 12.1 Å². The molecule has 1 aliphatic carbocycles. The van der Waals surface area contributed by atoms with Crippen molar-refractivity contribution in [2.45, 2.75) is 51.7 Å². The van der Waals surface area contributed by atoms with Crippen LogP contribution in [-0.2, 0) is 0 Å². The summed E-state index contributed by atoms with van der Waals surface area (Å²) in [5.41, 5.74) is 2.31. The molecule has 1 fully saturated rings. The average Bonchev–Trinajstić information content (AvgIpc) is 2.89. The van der Waals surface area contributed by atoms with Crippen LogP contribution in [0.25, 0.3) is 0 Å². The third-order valence-electron chi connectivity index (χ3n) is 3.35. The predicted octanol–water partition coefficient (Wildman–Crippen LogP) is 3.07. The molecule has 19 heavy (non-hydrogen) atoms. The molecular formula is C14H20N4S. The lowest BCUT2D eigenvalue weighted by molar-refractivity contribution is 0.530. The van der Waals surface area contributed by atoms with Crippen molar-refractivity contribution in [3.05, 3.63) is 34.0 Å². The van der Waals surface area contributed by atoms with Crippen LogP contribution in [0, 0.1) is 6.92 Å². The summed E-state index contributed by atoms with van der Waals surface area (Å²) in [7, 11) is 0. The standard InChI is InChI=1S/C14H20N4S/c1-9(2)18-7-11(6-15-18)13(17-12-4-5-12)14-16-10(3)8-19-14/h6-9,12-13,17H,4-5H2,1-3H3. The van der Waals surface area contributed by atoms with Crippen molar-refractivity contribution in [2.24, 2.45) is 0 Å². The van der Waals surface area contributed by atoms with E-state index in [4.69, 9.17) is 0 Å². The molecule has 0 aromatic carbocycles. The monoisotopic (exact) mass is 276 g/mol. The first-order valence-corrected chi connectivity index (χ1v) is 7.73. The number of aryl methyl sites for hydroxylation is 1. The van der Waals surface area contributed by atoms with E-state index in [9.17, 15) is 0 Å². The highest BCUT2D eigenvalue weighted by atomic mass is 32.1. The molecule has 5 heteroatoms. The number of hydrogen-bond acceptors (Lipinski definition) is 4. The molecule has 2 heterocycles. The number of thiazole rings is 1. The minimum Gasteiger partial charge on any atom is -0.301 e. The highest BCUT2D eigenvalue weighted by molar-refractivity contribution is 7.09. The van der Waals surface area contributed by atoms with Crippen molar-refractivity contribution in [3.63, 3.8) is 0 Å². The zero-order valence-electron chi connectivity index (χ0n) is 11.6. The second-order valence-electron chi connectivity index (χ2n) is 5.55. The molecule has 0 amide bonds. The summed E-state index contributed by atoms with van der Waals surface area (Å²) in [5, 5.41) is 11.4. The number of rotatable bonds is 5. The van der Waals surface area contributed by atoms with Crippen LogP contribution >= 0.6 is 11.3 Å². The van der Waals surface area contributed by atoms with Crippen molar-refractivity contribution in [3.8, 4) is 0 Å². The molecule has 1 atom stereocenters. The van der Waals surface area contributed by atoms with Crippen LogP contribution in [-0.4, -0.2) is 20.8 Å². The number of nitrogens with one attached hydrogen (secondary N) is 1. The third-order valence-corrected chi connectivity index (χ3v) is 4.37. The van der Waals surface area contributed by atoms with Crippen LogP contribution in [0.4, 0.5) is 0 Å². The first kappa shape index (κ1) is 12.8. The largest absolute Gasteiger partial charge is 0.301 e. The van der Waals surface area contributed by atoms with Crippen LogP contribution < -0.4 is 5.32 Å². The normalized spacial score (nSPS) is 17.1. The molecule has 4 nitrogen and oxygen atoms in total. The van der Waals surface area contributed by atoms with Gasteiger partial charge in [-0.05, 0) is 33.6 Å². The smallest absolute Gasteiger partial charge is 0.115 e. The van der Waals surface area contributed by atoms with E-state index in [1.807, 2.05) is 17.8 Å². The van der Waals surface area contributed by atoms with Crippen molar-refractivity contribution in [1.29, 1.82) is 0 Å². The second-order valence-corrected chi connectivity index (χ2v) is 6.44. The molecule has 0 radical (unpaired) electrons. The van der Waals surface area contributed by atoms with Gasteiger partial charge in [0.05, 0.1) is 12.2 Å². The van der Waals surface area contributed by atoms with Gasteiger partial charge in [0.25, 0.3) is 0 Å². The fourth-order valence-corrected chi connectivity index (χ4v) is 2.97. The molecule has 1 unspecified atom stereocenters. The third kappa shape index (κ3) is 2.87. The highest BCUT2D eigenvalue weighted by Gasteiger charge is 2.28. The maximum atomic E-state index is 4.64. The van der Waals surface area contributed by atoms with Gasteiger partial charge in [-0.25, -0.2) is 4.98 Å². The molecule has 2 aromatic heterocycles. The summed E-state index contributed by atoms with van der Waals surface area (Å²) in [4.78, 5) is 4.64. The Hall–Kier alpha value is -1.20.